The van der Waals surface area contributed by atoms with Gasteiger partial charge in [0.1, 0.15) is 5.75 Å². The minimum absolute atomic E-state index is 0.196. The minimum atomic E-state index is -1.40. The Kier molecular flexibility index (Phi) is 7.97. The summed E-state index contributed by atoms with van der Waals surface area (Å²) in [5.74, 6) is 0.125. The number of aromatic nitrogens is 2. The molecule has 1 atom stereocenters. The van der Waals surface area contributed by atoms with Gasteiger partial charge in [-0.25, -0.2) is 0 Å². The van der Waals surface area contributed by atoms with Crippen molar-refractivity contribution in [1.29, 1.82) is 0 Å². The topological polar surface area (TPSA) is 93.5 Å². The number of para-hydroxylation sites is 1. The highest BCUT2D eigenvalue weighted by Crippen LogP contribution is 2.36. The van der Waals surface area contributed by atoms with Gasteiger partial charge in [0.25, 0.3) is 5.91 Å². The van der Waals surface area contributed by atoms with Crippen molar-refractivity contribution in [2.45, 2.75) is 32.0 Å². The van der Waals surface area contributed by atoms with Crippen LogP contribution in [0.3, 0.4) is 0 Å². The molecule has 0 aliphatic carbocycles. The van der Waals surface area contributed by atoms with Gasteiger partial charge < -0.3 is 24.9 Å². The van der Waals surface area contributed by atoms with Crippen molar-refractivity contribution in [3.05, 3.63) is 107 Å². The highest BCUT2D eigenvalue weighted by atomic mass is 35.5. The fraction of sp³-hybridized carbons (Fsp3) is 0.235. The maximum atomic E-state index is 15.4. The van der Waals surface area contributed by atoms with Gasteiger partial charge in [0.05, 0.1) is 19.3 Å². The summed E-state index contributed by atoms with van der Waals surface area (Å²) in [6, 6.07) is 21.2. The Morgan fingerprint density at radius 1 is 0.977 bits per heavy atom. The molecule has 220 valence electrons. The average molecular weight is 596 g/mol. The van der Waals surface area contributed by atoms with E-state index in [0.717, 1.165) is 39.4 Å². The molecule has 0 radical (unpaired) electrons. The molecule has 1 aliphatic heterocycles. The lowest BCUT2D eigenvalue weighted by Gasteiger charge is -2.46. The van der Waals surface area contributed by atoms with Crippen LogP contribution in [0.2, 0.25) is 5.02 Å². The fourth-order valence-electron chi connectivity index (χ4n) is 6.05. The number of nitrogens with one attached hydrogen (secondary N) is 3. The number of methoxy groups -OCH3 is 1. The van der Waals surface area contributed by atoms with Gasteiger partial charge >= 0.3 is 0 Å². The highest BCUT2D eigenvalue weighted by Gasteiger charge is 2.48. The Bertz CT molecular complexity index is 1830. The zero-order valence-electron chi connectivity index (χ0n) is 24.2. The van der Waals surface area contributed by atoms with Gasteiger partial charge in [-0.15, -0.1) is 0 Å². The number of nitrogens with zero attached hydrogens (tertiary/aromatic N) is 2. The van der Waals surface area contributed by atoms with E-state index in [9.17, 15) is 4.79 Å². The van der Waals surface area contributed by atoms with Gasteiger partial charge in [-0.1, -0.05) is 60.2 Å². The summed E-state index contributed by atoms with van der Waals surface area (Å²) in [5, 5.41) is 5.54. The molecule has 8 nitrogen and oxygen atoms in total. The maximum Gasteiger partial charge on any atom is 0.268 e. The highest BCUT2D eigenvalue weighted by molar-refractivity contribution is 6.31. The number of fused-ring (bicyclic) bond motifs is 2. The van der Waals surface area contributed by atoms with Crippen LogP contribution >= 0.6 is 11.6 Å². The molecular weight excluding hydrogens is 562 g/mol. The second kappa shape index (κ2) is 12.0. The molecule has 3 N–H and O–H groups in total. The number of rotatable bonds is 9. The molecule has 0 spiro atoms. The van der Waals surface area contributed by atoms with Crippen LogP contribution in [0.4, 0.5) is 5.69 Å². The van der Waals surface area contributed by atoms with Crippen LogP contribution in [0.25, 0.3) is 21.8 Å². The summed E-state index contributed by atoms with van der Waals surface area (Å²) in [5.41, 5.74) is 2.82. The van der Waals surface area contributed by atoms with E-state index in [0.29, 0.717) is 29.5 Å². The number of anilines is 1. The number of amides is 2. The van der Waals surface area contributed by atoms with Crippen LogP contribution in [0, 0.1) is 0 Å². The van der Waals surface area contributed by atoms with Gasteiger partial charge in [-0.3, -0.25) is 14.5 Å². The second-order valence-corrected chi connectivity index (χ2v) is 11.3. The zero-order chi connectivity index (χ0) is 30.0. The lowest BCUT2D eigenvalue weighted by atomic mass is 9.93. The molecule has 0 saturated heterocycles. The molecule has 43 heavy (non-hydrogen) atoms. The SMILES string of the molecule is COc1ccc2[nH]cc(N(Cc3ccccc3Cl)C(=O)C(Cc3c[nH]c4ccccc34)(NC(C)=O)N3CC=CCC3)c2c1. The van der Waals surface area contributed by atoms with Crippen molar-refractivity contribution in [2.24, 2.45) is 0 Å². The number of carbonyl (C=O) groups is 2. The van der Waals surface area contributed by atoms with Crippen LogP contribution in [0.15, 0.2) is 91.3 Å². The van der Waals surface area contributed by atoms with Gasteiger partial charge in [0.2, 0.25) is 5.91 Å². The Morgan fingerprint density at radius 2 is 1.74 bits per heavy atom. The van der Waals surface area contributed by atoms with E-state index < -0.39 is 5.66 Å². The maximum absolute atomic E-state index is 15.4. The molecule has 1 aliphatic rings. The van der Waals surface area contributed by atoms with E-state index in [4.69, 9.17) is 16.3 Å². The Morgan fingerprint density at radius 3 is 2.51 bits per heavy atom. The summed E-state index contributed by atoms with van der Waals surface area (Å²) in [4.78, 5) is 38.9. The third-order valence-corrected chi connectivity index (χ3v) is 8.51. The molecule has 5 aromatic rings. The van der Waals surface area contributed by atoms with Gasteiger partial charge in [0.15, 0.2) is 5.66 Å². The first-order chi connectivity index (χ1) is 20.9. The van der Waals surface area contributed by atoms with Crippen molar-refractivity contribution in [3.63, 3.8) is 0 Å². The summed E-state index contributed by atoms with van der Waals surface area (Å²) in [7, 11) is 1.62. The third kappa shape index (κ3) is 5.51. The van der Waals surface area contributed by atoms with E-state index in [1.165, 1.54) is 6.92 Å². The first-order valence-electron chi connectivity index (χ1n) is 14.3. The van der Waals surface area contributed by atoms with Gasteiger partial charge in [-0.2, -0.15) is 0 Å². The smallest absolute Gasteiger partial charge is 0.268 e. The van der Waals surface area contributed by atoms with E-state index in [-0.39, 0.29) is 24.8 Å². The Balaban J connectivity index is 1.55. The summed E-state index contributed by atoms with van der Waals surface area (Å²) >= 11 is 6.67. The number of hydrogen-bond donors (Lipinski definition) is 3. The fourth-order valence-corrected chi connectivity index (χ4v) is 6.25. The quantitative estimate of drug-likeness (QED) is 0.177. The molecule has 6 rings (SSSR count). The molecule has 9 heteroatoms. The third-order valence-electron chi connectivity index (χ3n) is 8.15. The standard InChI is InChI=1S/C34H34ClN5O3/c1-23(41)38-34(39-16-8-3-9-17-39,19-25-20-36-30-13-7-5-11-27(25)30)33(42)40(22-24-10-4-6-12-29(24)35)32-21-37-31-15-14-26(43-2)18-28(31)32/h3-8,10-15,18,20-21,36-37H,9,16-17,19,22H2,1-2H3,(H,38,41). The van der Waals surface area contributed by atoms with E-state index >= 15 is 4.79 Å². The van der Waals surface area contributed by atoms with Crippen molar-refractivity contribution in [3.8, 4) is 5.75 Å². The lowest BCUT2D eigenvalue weighted by molar-refractivity contribution is -0.139. The normalized spacial score (nSPS) is 15.0. The van der Waals surface area contributed by atoms with Gasteiger partial charge in [-0.05, 0) is 47.9 Å². The average Bonchev–Trinajstić information content (AvgIpc) is 3.64. The number of ether oxygens (including phenoxy) is 1. The second-order valence-electron chi connectivity index (χ2n) is 10.9. The van der Waals surface area contributed by atoms with Crippen LogP contribution in [0.1, 0.15) is 24.5 Å². The van der Waals surface area contributed by atoms with Crippen LogP contribution in [-0.4, -0.2) is 52.5 Å². The molecule has 2 aromatic heterocycles. The van der Waals surface area contributed by atoms with Crippen molar-refractivity contribution in [2.75, 3.05) is 25.1 Å². The van der Waals surface area contributed by atoms with E-state index in [1.54, 1.807) is 12.0 Å². The molecular formula is C34H34ClN5O3. The molecule has 3 heterocycles. The number of hydrogen-bond acceptors (Lipinski definition) is 4. The van der Waals surface area contributed by atoms with Crippen LogP contribution in [0.5, 0.6) is 5.75 Å². The predicted molar refractivity (Wildman–Crippen MR) is 171 cm³/mol. The van der Waals surface area contributed by atoms with Crippen molar-refractivity contribution >= 4 is 50.9 Å². The number of H-pyrrole nitrogens is 2. The van der Waals surface area contributed by atoms with Gasteiger partial charge in [0, 0.05) is 65.7 Å². The summed E-state index contributed by atoms with van der Waals surface area (Å²) in [6.45, 7) is 2.77. The molecule has 0 fully saturated rings. The minimum Gasteiger partial charge on any atom is -0.497 e. The Hall–Kier alpha value is -4.53. The summed E-state index contributed by atoms with van der Waals surface area (Å²) in [6.07, 6.45) is 8.95. The molecule has 0 saturated carbocycles. The Labute approximate surface area is 255 Å². The first-order valence-corrected chi connectivity index (χ1v) is 14.7. The van der Waals surface area contributed by atoms with Crippen LogP contribution in [-0.2, 0) is 22.6 Å². The van der Waals surface area contributed by atoms with E-state index in [2.05, 4.69) is 32.3 Å². The lowest BCUT2D eigenvalue weighted by Crippen LogP contribution is -2.70. The largest absolute Gasteiger partial charge is 0.497 e. The molecule has 2 amide bonds. The summed E-state index contributed by atoms with van der Waals surface area (Å²) < 4.78 is 5.54. The number of carbonyl (C=O) groups excluding carboxylic acids is 2. The molecule has 0 bridgehead atoms. The van der Waals surface area contributed by atoms with Crippen LogP contribution < -0.4 is 15.0 Å². The monoisotopic (exact) mass is 595 g/mol. The molecule has 3 aromatic carbocycles. The van der Waals surface area contributed by atoms with Crippen molar-refractivity contribution in [1.82, 2.24) is 20.2 Å². The van der Waals surface area contributed by atoms with Crippen molar-refractivity contribution < 1.29 is 14.3 Å². The number of aromatic amines is 2. The zero-order valence-corrected chi connectivity index (χ0v) is 24.9. The first kappa shape index (κ1) is 28.6. The number of benzene rings is 3. The molecule has 1 unspecified atom stereocenters. The number of halogens is 1. The predicted octanol–water partition coefficient (Wildman–Crippen LogP) is 6.18. The van der Waals surface area contributed by atoms with E-state index in [1.807, 2.05) is 79.1 Å².